The number of alkyl halides is 3. The molecule has 0 fully saturated rings. The number of carbonyl (C=O) groups excluding carboxylic acids is 1. The van der Waals surface area contributed by atoms with Gasteiger partial charge in [-0.3, -0.25) is 4.79 Å². The molecule has 23 heavy (non-hydrogen) atoms. The smallest absolute Gasteiger partial charge is 0.485 e. The Labute approximate surface area is 130 Å². The van der Waals surface area contributed by atoms with Gasteiger partial charge < -0.3 is 9.47 Å². The number of hydrogen-bond acceptors (Lipinski definition) is 3. The van der Waals surface area contributed by atoms with Crippen LogP contribution in [-0.2, 0) is 6.42 Å². The first-order valence-corrected chi connectivity index (χ1v) is 6.98. The lowest BCUT2D eigenvalue weighted by Gasteiger charge is -2.11. The molecule has 1 aliphatic heterocycles. The number of carbonyl (C=O) groups is 1. The van der Waals surface area contributed by atoms with Crippen molar-refractivity contribution in [1.82, 2.24) is 0 Å². The van der Waals surface area contributed by atoms with Gasteiger partial charge in [0.05, 0.1) is 0 Å². The number of hydrogen-bond donors (Lipinski definition) is 0. The van der Waals surface area contributed by atoms with Crippen LogP contribution in [0.4, 0.5) is 13.2 Å². The zero-order valence-corrected chi connectivity index (χ0v) is 12.2. The predicted octanol–water partition coefficient (Wildman–Crippen LogP) is 4.46. The van der Waals surface area contributed by atoms with E-state index in [2.05, 4.69) is 4.74 Å². The molecule has 0 N–H and O–H groups in total. The molecule has 1 heterocycles. The molecule has 0 amide bonds. The molecular formula is C17H13F3O3. The minimum atomic E-state index is -4.72. The summed E-state index contributed by atoms with van der Waals surface area (Å²) in [6, 6.07) is 11.1. The Morgan fingerprint density at radius 3 is 2.70 bits per heavy atom. The summed E-state index contributed by atoms with van der Waals surface area (Å²) in [5, 5.41) is 0. The lowest BCUT2D eigenvalue weighted by atomic mass is 10.0. The maximum Gasteiger partial charge on any atom is 0.573 e. The number of ether oxygens (including phenoxy) is 2. The van der Waals surface area contributed by atoms with E-state index in [1.54, 1.807) is 18.2 Å². The highest BCUT2D eigenvalue weighted by Crippen LogP contribution is 2.39. The van der Waals surface area contributed by atoms with E-state index in [0.717, 1.165) is 5.56 Å². The number of benzene rings is 2. The van der Waals surface area contributed by atoms with Crippen LogP contribution in [-0.4, -0.2) is 12.1 Å². The van der Waals surface area contributed by atoms with Gasteiger partial charge in [-0.15, -0.1) is 13.2 Å². The van der Waals surface area contributed by atoms with Gasteiger partial charge >= 0.3 is 6.36 Å². The first kappa shape index (κ1) is 15.4. The number of halogens is 3. The summed E-state index contributed by atoms with van der Waals surface area (Å²) in [5.74, 6) is 0.207. The van der Waals surface area contributed by atoms with Crippen molar-refractivity contribution in [2.24, 2.45) is 0 Å². The van der Waals surface area contributed by atoms with E-state index in [1.165, 1.54) is 25.1 Å². The lowest BCUT2D eigenvalue weighted by molar-refractivity contribution is -0.274. The summed E-state index contributed by atoms with van der Waals surface area (Å²) in [6.07, 6.45) is -4.63. The highest BCUT2D eigenvalue weighted by molar-refractivity contribution is 5.94. The molecule has 1 atom stereocenters. The lowest BCUT2D eigenvalue weighted by Crippen LogP contribution is -2.17. The summed E-state index contributed by atoms with van der Waals surface area (Å²) in [4.78, 5) is 11.4. The summed E-state index contributed by atoms with van der Waals surface area (Å²) < 4.78 is 46.5. The molecule has 0 saturated carbocycles. The standard InChI is InChI=1S/C17H13F3O3/c1-10(21)11-3-2-4-12(7-11)16-9-13-8-14(23-17(18,19)20)5-6-15(13)22-16/h2-8,16H,9H2,1H3. The monoisotopic (exact) mass is 322 g/mol. The second kappa shape index (κ2) is 5.61. The molecule has 3 nitrogen and oxygen atoms in total. The van der Waals surface area contributed by atoms with Crippen molar-refractivity contribution in [3.63, 3.8) is 0 Å². The van der Waals surface area contributed by atoms with Crippen LogP contribution in [0.15, 0.2) is 42.5 Å². The van der Waals surface area contributed by atoms with Crippen LogP contribution in [0.25, 0.3) is 0 Å². The van der Waals surface area contributed by atoms with Crippen LogP contribution < -0.4 is 9.47 Å². The molecule has 3 rings (SSSR count). The molecule has 0 radical (unpaired) electrons. The van der Waals surface area contributed by atoms with E-state index < -0.39 is 6.36 Å². The highest BCUT2D eigenvalue weighted by atomic mass is 19.4. The predicted molar refractivity (Wildman–Crippen MR) is 76.6 cm³/mol. The third-order valence-electron chi connectivity index (χ3n) is 3.61. The van der Waals surface area contributed by atoms with Crippen molar-refractivity contribution < 1.29 is 27.4 Å². The fourth-order valence-corrected chi connectivity index (χ4v) is 2.57. The van der Waals surface area contributed by atoms with Crippen LogP contribution in [0.1, 0.15) is 34.5 Å². The zero-order chi connectivity index (χ0) is 16.6. The largest absolute Gasteiger partial charge is 0.573 e. The van der Waals surface area contributed by atoms with E-state index in [9.17, 15) is 18.0 Å². The van der Waals surface area contributed by atoms with Crippen LogP contribution >= 0.6 is 0 Å². The van der Waals surface area contributed by atoms with Gasteiger partial charge in [0, 0.05) is 17.5 Å². The fraction of sp³-hybridized carbons (Fsp3) is 0.235. The quantitative estimate of drug-likeness (QED) is 0.783. The molecule has 0 spiro atoms. The van der Waals surface area contributed by atoms with Crippen molar-refractivity contribution >= 4 is 5.78 Å². The van der Waals surface area contributed by atoms with Gasteiger partial charge in [-0.25, -0.2) is 0 Å². The van der Waals surface area contributed by atoms with Crippen LogP contribution in [0.5, 0.6) is 11.5 Å². The fourth-order valence-electron chi connectivity index (χ4n) is 2.57. The number of rotatable bonds is 3. The highest BCUT2D eigenvalue weighted by Gasteiger charge is 2.32. The molecule has 0 aromatic heterocycles. The Bertz CT molecular complexity index is 753. The summed E-state index contributed by atoms with van der Waals surface area (Å²) in [5.41, 5.74) is 2.03. The Morgan fingerprint density at radius 2 is 2.00 bits per heavy atom. The van der Waals surface area contributed by atoms with E-state index in [-0.39, 0.29) is 17.6 Å². The third-order valence-corrected chi connectivity index (χ3v) is 3.61. The van der Waals surface area contributed by atoms with Gasteiger partial charge in [-0.2, -0.15) is 0 Å². The van der Waals surface area contributed by atoms with Crippen molar-refractivity contribution in [2.45, 2.75) is 25.8 Å². The Morgan fingerprint density at radius 1 is 1.22 bits per heavy atom. The van der Waals surface area contributed by atoms with E-state index >= 15 is 0 Å². The van der Waals surface area contributed by atoms with Crippen molar-refractivity contribution in [2.75, 3.05) is 0 Å². The van der Waals surface area contributed by atoms with Crippen LogP contribution in [0, 0.1) is 0 Å². The molecule has 6 heteroatoms. The van der Waals surface area contributed by atoms with Crippen LogP contribution in [0.3, 0.4) is 0 Å². The minimum absolute atomic E-state index is 0.0526. The molecule has 0 saturated heterocycles. The average molecular weight is 322 g/mol. The molecule has 2 aromatic rings. The molecule has 0 bridgehead atoms. The van der Waals surface area contributed by atoms with Gasteiger partial charge in [-0.1, -0.05) is 18.2 Å². The summed E-state index contributed by atoms with van der Waals surface area (Å²) in [7, 11) is 0. The van der Waals surface area contributed by atoms with Gasteiger partial charge in [-0.05, 0) is 36.8 Å². The first-order chi connectivity index (χ1) is 10.8. The molecule has 1 aliphatic rings. The van der Waals surface area contributed by atoms with E-state index in [4.69, 9.17) is 4.74 Å². The number of Topliss-reactive ketones (excluding diaryl/α,β-unsaturated/α-hetero) is 1. The van der Waals surface area contributed by atoms with E-state index in [1.807, 2.05) is 6.07 Å². The third kappa shape index (κ3) is 3.47. The molecule has 0 aliphatic carbocycles. The maximum atomic E-state index is 12.3. The van der Waals surface area contributed by atoms with Crippen molar-refractivity contribution in [1.29, 1.82) is 0 Å². The minimum Gasteiger partial charge on any atom is -0.485 e. The van der Waals surface area contributed by atoms with E-state index in [0.29, 0.717) is 23.3 Å². The zero-order valence-electron chi connectivity index (χ0n) is 12.2. The summed E-state index contributed by atoms with van der Waals surface area (Å²) >= 11 is 0. The van der Waals surface area contributed by atoms with Gasteiger partial charge in [0.25, 0.3) is 0 Å². The molecular weight excluding hydrogens is 309 g/mol. The molecule has 2 aromatic carbocycles. The molecule has 120 valence electrons. The second-order valence-corrected chi connectivity index (χ2v) is 5.31. The number of fused-ring (bicyclic) bond motifs is 1. The van der Waals surface area contributed by atoms with Gasteiger partial charge in [0.15, 0.2) is 5.78 Å². The van der Waals surface area contributed by atoms with Gasteiger partial charge in [0.1, 0.15) is 17.6 Å². The average Bonchev–Trinajstić information content (AvgIpc) is 2.89. The normalized spacial score (nSPS) is 16.6. The van der Waals surface area contributed by atoms with Crippen LogP contribution in [0.2, 0.25) is 0 Å². The van der Waals surface area contributed by atoms with Crippen molar-refractivity contribution in [3.8, 4) is 11.5 Å². The SMILES string of the molecule is CC(=O)c1cccc(C2Cc3cc(OC(F)(F)F)ccc3O2)c1. The Hall–Kier alpha value is -2.50. The first-order valence-electron chi connectivity index (χ1n) is 6.98. The maximum absolute atomic E-state index is 12.3. The van der Waals surface area contributed by atoms with Gasteiger partial charge in [0.2, 0.25) is 0 Å². The Balaban J connectivity index is 1.82. The topological polar surface area (TPSA) is 35.5 Å². The second-order valence-electron chi connectivity index (χ2n) is 5.31. The summed E-state index contributed by atoms with van der Waals surface area (Å²) in [6.45, 7) is 1.48. The van der Waals surface area contributed by atoms with Crippen molar-refractivity contribution in [3.05, 3.63) is 59.2 Å². The molecule has 1 unspecified atom stereocenters. The Kier molecular flexibility index (Phi) is 3.75. The number of ketones is 1.